The lowest BCUT2D eigenvalue weighted by atomic mass is 10.1. The first kappa shape index (κ1) is 17.8. The summed E-state index contributed by atoms with van der Waals surface area (Å²) in [6.45, 7) is 1.20. The van der Waals surface area contributed by atoms with Gasteiger partial charge in [0.05, 0.1) is 12.8 Å². The Morgan fingerprint density at radius 3 is 2.68 bits per heavy atom. The highest BCUT2D eigenvalue weighted by Gasteiger charge is 2.28. The number of hydrogen-bond donors (Lipinski definition) is 1. The molecule has 8 heteroatoms. The molecule has 2 amide bonds. The van der Waals surface area contributed by atoms with Gasteiger partial charge in [-0.2, -0.15) is 0 Å². The number of methoxy groups -OCH3 is 1. The molecule has 28 heavy (non-hydrogen) atoms. The fourth-order valence-corrected chi connectivity index (χ4v) is 3.26. The molecule has 0 bridgehead atoms. The fraction of sp³-hybridized carbons (Fsp3) is 0.200. The van der Waals surface area contributed by atoms with E-state index in [1.54, 1.807) is 35.0 Å². The lowest BCUT2D eigenvalue weighted by Gasteiger charge is -2.15. The molecule has 3 aromatic rings. The highest BCUT2D eigenvalue weighted by atomic mass is 19.1. The van der Waals surface area contributed by atoms with Crippen molar-refractivity contribution in [2.45, 2.75) is 0 Å². The van der Waals surface area contributed by atoms with Crippen molar-refractivity contribution in [3.8, 4) is 5.75 Å². The third-order valence-corrected chi connectivity index (χ3v) is 4.86. The van der Waals surface area contributed by atoms with Gasteiger partial charge in [0.2, 0.25) is 5.78 Å². The molecule has 1 aliphatic heterocycles. The number of nitrogens with two attached hydrogens (primary N) is 1. The first-order valence-corrected chi connectivity index (χ1v) is 8.63. The van der Waals surface area contributed by atoms with Crippen molar-refractivity contribution in [1.82, 2.24) is 4.90 Å². The number of ether oxygens (including phenoxy) is 1. The number of ketones is 1. The van der Waals surface area contributed by atoms with E-state index in [0.717, 1.165) is 6.07 Å². The number of carbonyl (C=O) groups is 2. The molecule has 0 unspecified atom stereocenters. The van der Waals surface area contributed by atoms with Gasteiger partial charge in [0.1, 0.15) is 5.58 Å². The van der Waals surface area contributed by atoms with Crippen LogP contribution in [0.25, 0.3) is 11.0 Å². The molecule has 144 valence electrons. The van der Waals surface area contributed by atoms with Crippen molar-refractivity contribution in [2.24, 2.45) is 0 Å². The van der Waals surface area contributed by atoms with E-state index in [9.17, 15) is 14.0 Å². The van der Waals surface area contributed by atoms with Gasteiger partial charge in [-0.1, -0.05) is 0 Å². The molecule has 0 radical (unpaired) electrons. The maximum Gasteiger partial charge on any atom is 0.324 e. The van der Waals surface area contributed by atoms with E-state index in [2.05, 4.69) is 0 Å². The number of urea groups is 1. The van der Waals surface area contributed by atoms with Crippen LogP contribution in [0.3, 0.4) is 0 Å². The molecule has 0 aliphatic carbocycles. The van der Waals surface area contributed by atoms with Gasteiger partial charge < -0.3 is 19.8 Å². The molecule has 2 aromatic carbocycles. The molecular weight excluding hydrogens is 365 g/mol. The third kappa shape index (κ3) is 2.74. The van der Waals surface area contributed by atoms with Crippen LogP contribution in [0.1, 0.15) is 16.1 Å². The number of benzene rings is 2. The second-order valence-corrected chi connectivity index (χ2v) is 6.56. The third-order valence-electron chi connectivity index (χ3n) is 4.86. The summed E-state index contributed by atoms with van der Waals surface area (Å²) in [4.78, 5) is 28.3. The number of carbonyl (C=O) groups excluding carboxylic acids is 2. The zero-order valence-corrected chi connectivity index (χ0v) is 15.4. The molecule has 4 rings (SSSR count). The highest BCUT2D eigenvalue weighted by Crippen LogP contribution is 2.34. The molecule has 1 aromatic heterocycles. The average molecular weight is 383 g/mol. The monoisotopic (exact) mass is 383 g/mol. The Kier molecular flexibility index (Phi) is 4.18. The number of nitrogen functional groups attached to an aromatic ring is 1. The number of likely N-dealkylation sites (N-methyl/N-ethyl adjacent to an activating group) is 1. The minimum atomic E-state index is -0.568. The summed E-state index contributed by atoms with van der Waals surface area (Å²) in [5.41, 5.74) is 7.57. The van der Waals surface area contributed by atoms with E-state index in [0.29, 0.717) is 29.7 Å². The first-order chi connectivity index (χ1) is 13.4. The van der Waals surface area contributed by atoms with Gasteiger partial charge in [-0.15, -0.1) is 0 Å². The van der Waals surface area contributed by atoms with Crippen LogP contribution < -0.4 is 15.4 Å². The van der Waals surface area contributed by atoms with E-state index >= 15 is 0 Å². The molecule has 2 heterocycles. The Bertz CT molecular complexity index is 1110. The maximum atomic E-state index is 13.6. The molecule has 0 atom stereocenters. The van der Waals surface area contributed by atoms with Crippen LogP contribution in [0.2, 0.25) is 0 Å². The molecule has 1 aliphatic rings. The smallest absolute Gasteiger partial charge is 0.324 e. The van der Waals surface area contributed by atoms with Gasteiger partial charge in [-0.05, 0) is 30.3 Å². The van der Waals surface area contributed by atoms with Crippen LogP contribution in [0.5, 0.6) is 5.75 Å². The number of fused-ring (bicyclic) bond motifs is 1. The summed E-state index contributed by atoms with van der Waals surface area (Å²) in [6.07, 6.45) is 0. The van der Waals surface area contributed by atoms with Gasteiger partial charge in [0.15, 0.2) is 17.3 Å². The van der Waals surface area contributed by atoms with Gasteiger partial charge in [0, 0.05) is 42.8 Å². The molecular formula is C20H18FN3O4. The lowest BCUT2D eigenvalue weighted by molar-refractivity contribution is 0.101. The van der Waals surface area contributed by atoms with Crippen LogP contribution in [0, 0.1) is 5.82 Å². The van der Waals surface area contributed by atoms with E-state index in [-0.39, 0.29) is 28.8 Å². The van der Waals surface area contributed by atoms with Crippen molar-refractivity contribution in [3.63, 3.8) is 0 Å². The second kappa shape index (κ2) is 6.56. The molecule has 1 fully saturated rings. The summed E-state index contributed by atoms with van der Waals surface area (Å²) in [7, 11) is 3.06. The minimum Gasteiger partial charge on any atom is -0.494 e. The Morgan fingerprint density at radius 1 is 1.21 bits per heavy atom. The number of hydrogen-bond acceptors (Lipinski definition) is 5. The van der Waals surface area contributed by atoms with Crippen LogP contribution in [0.15, 0.2) is 40.8 Å². The van der Waals surface area contributed by atoms with Gasteiger partial charge in [-0.25, -0.2) is 9.18 Å². The number of nitrogens with zero attached hydrogens (tertiary/aromatic N) is 2. The quantitative estimate of drug-likeness (QED) is 0.699. The molecule has 0 spiro atoms. The normalized spacial score (nSPS) is 14.2. The van der Waals surface area contributed by atoms with E-state index in [4.69, 9.17) is 14.9 Å². The second-order valence-electron chi connectivity index (χ2n) is 6.56. The van der Waals surface area contributed by atoms with Crippen LogP contribution in [0.4, 0.5) is 20.6 Å². The number of halogens is 1. The fourth-order valence-electron chi connectivity index (χ4n) is 3.26. The predicted octanol–water partition coefficient (Wildman–Crippen LogP) is 3.27. The minimum absolute atomic E-state index is 0.0364. The lowest BCUT2D eigenvalue weighted by Crippen LogP contribution is -2.29. The van der Waals surface area contributed by atoms with Crippen molar-refractivity contribution < 1.29 is 23.1 Å². The van der Waals surface area contributed by atoms with E-state index in [1.807, 2.05) is 0 Å². The summed E-state index contributed by atoms with van der Waals surface area (Å²) in [5.74, 6) is -1.13. The summed E-state index contributed by atoms with van der Waals surface area (Å²) in [5, 5.41) is 0.571. The molecule has 0 saturated carbocycles. The number of amides is 2. The first-order valence-electron chi connectivity index (χ1n) is 8.63. The zero-order valence-electron chi connectivity index (χ0n) is 15.4. The summed E-state index contributed by atoms with van der Waals surface area (Å²) >= 11 is 0. The van der Waals surface area contributed by atoms with Crippen molar-refractivity contribution in [3.05, 3.63) is 53.5 Å². The molecule has 7 nitrogen and oxygen atoms in total. The van der Waals surface area contributed by atoms with Gasteiger partial charge >= 0.3 is 6.03 Å². The predicted molar refractivity (Wildman–Crippen MR) is 102 cm³/mol. The van der Waals surface area contributed by atoms with Crippen molar-refractivity contribution in [1.29, 1.82) is 0 Å². The average Bonchev–Trinajstić information content (AvgIpc) is 3.21. The number of furan rings is 1. The highest BCUT2D eigenvalue weighted by molar-refractivity contribution is 6.14. The summed E-state index contributed by atoms with van der Waals surface area (Å²) in [6, 6.07) is 8.86. The van der Waals surface area contributed by atoms with Crippen LogP contribution >= 0.6 is 0 Å². The maximum absolute atomic E-state index is 13.6. The van der Waals surface area contributed by atoms with Crippen molar-refractivity contribution in [2.75, 3.05) is 37.9 Å². The van der Waals surface area contributed by atoms with E-state index in [1.165, 1.54) is 19.2 Å². The standard InChI is InChI=1S/C20H18FN3O4/c1-23-7-8-24(20(23)26)12-4-5-13-15(10-12)28-19(17(13)22)18(25)11-3-6-14(21)16(9-11)27-2/h3-6,9-10H,7-8,22H2,1-2H3. The van der Waals surface area contributed by atoms with Gasteiger partial charge in [0.25, 0.3) is 0 Å². The molecule has 1 saturated heterocycles. The Labute approximate surface area is 160 Å². The van der Waals surface area contributed by atoms with Gasteiger partial charge in [-0.3, -0.25) is 9.69 Å². The number of anilines is 2. The molecule has 2 N–H and O–H groups in total. The topological polar surface area (TPSA) is 89.0 Å². The Balaban J connectivity index is 1.73. The van der Waals surface area contributed by atoms with E-state index < -0.39 is 11.6 Å². The summed E-state index contributed by atoms with van der Waals surface area (Å²) < 4.78 is 24.3. The Hall–Kier alpha value is -3.55. The Morgan fingerprint density at radius 2 is 2.00 bits per heavy atom. The largest absolute Gasteiger partial charge is 0.494 e. The van der Waals surface area contributed by atoms with Crippen molar-refractivity contribution >= 4 is 34.2 Å². The zero-order chi connectivity index (χ0) is 20.0. The van der Waals surface area contributed by atoms with Crippen LogP contribution in [-0.4, -0.2) is 44.0 Å². The number of rotatable bonds is 4. The SMILES string of the molecule is COc1cc(C(=O)c2oc3cc(N4CCN(C)C4=O)ccc3c2N)ccc1F. The van der Waals surface area contributed by atoms with Crippen LogP contribution in [-0.2, 0) is 0 Å².